The molecule has 8 heteroatoms. The molecule has 0 aromatic heterocycles. The predicted molar refractivity (Wildman–Crippen MR) is 154 cm³/mol. The number of fused-ring (bicyclic) bond motifs is 2. The van der Waals surface area contributed by atoms with Gasteiger partial charge < -0.3 is 24.5 Å². The summed E-state index contributed by atoms with van der Waals surface area (Å²) in [5.74, 6) is -1.92. The van der Waals surface area contributed by atoms with Crippen molar-refractivity contribution in [2.24, 2.45) is 11.8 Å². The molecule has 0 bridgehead atoms. The van der Waals surface area contributed by atoms with Crippen molar-refractivity contribution in [3.05, 3.63) is 53.6 Å². The maximum absolute atomic E-state index is 14.7. The van der Waals surface area contributed by atoms with E-state index in [1.807, 2.05) is 75.1 Å². The van der Waals surface area contributed by atoms with Crippen LogP contribution in [0.5, 0.6) is 0 Å². The third-order valence-corrected chi connectivity index (χ3v) is 9.28. The molecule has 1 aromatic carbocycles. The van der Waals surface area contributed by atoms with Gasteiger partial charge in [-0.2, -0.15) is 0 Å². The van der Waals surface area contributed by atoms with E-state index in [4.69, 9.17) is 4.74 Å². The van der Waals surface area contributed by atoms with Crippen molar-refractivity contribution in [2.45, 2.75) is 77.0 Å². The molecule has 1 N–H and O–H groups in total. The van der Waals surface area contributed by atoms with Gasteiger partial charge >= 0.3 is 0 Å². The summed E-state index contributed by atoms with van der Waals surface area (Å²) in [5, 5.41) is 9.31. The largest absolute Gasteiger partial charge is 0.396 e. The van der Waals surface area contributed by atoms with E-state index in [2.05, 4.69) is 0 Å². The van der Waals surface area contributed by atoms with Gasteiger partial charge in [-0.25, -0.2) is 0 Å². The molecular formula is C32H43N3O5. The van der Waals surface area contributed by atoms with Crippen LogP contribution in [-0.4, -0.2) is 82.7 Å². The molecule has 1 spiro atoms. The lowest BCUT2D eigenvalue weighted by atomic mass is 9.73. The Morgan fingerprint density at radius 2 is 1.62 bits per heavy atom. The van der Waals surface area contributed by atoms with Crippen molar-refractivity contribution >= 4 is 23.4 Å². The van der Waals surface area contributed by atoms with Crippen LogP contribution in [0.15, 0.2) is 42.5 Å². The summed E-state index contributed by atoms with van der Waals surface area (Å²) in [6.45, 7) is 9.96. The highest BCUT2D eigenvalue weighted by Gasteiger charge is 2.75. The van der Waals surface area contributed by atoms with Crippen LogP contribution in [0.1, 0.15) is 57.1 Å². The van der Waals surface area contributed by atoms with Crippen molar-refractivity contribution in [3.8, 4) is 0 Å². The molecule has 1 unspecified atom stereocenters. The molecular weight excluding hydrogens is 506 g/mol. The average molecular weight is 550 g/mol. The van der Waals surface area contributed by atoms with Crippen LogP contribution >= 0.6 is 0 Å². The standard InChI is InChI=1S/C32H43N3O5/c1-5-17-33-18-11-15-31(6-2)24(28(33)37)25-29(38)35(19-8-7-9-21-36)27-30(39)34(20-12-16-32(25,27)40-31)26-22(3)13-10-14-23(26)4/h10-16,24-25,27,36H,5-9,17-21H2,1-4H3/t24-,25+,27?,31+,32+/m1/s1. The monoisotopic (exact) mass is 549 g/mol. The number of likely N-dealkylation sites (tertiary alicyclic amines) is 1. The van der Waals surface area contributed by atoms with Gasteiger partial charge in [-0.15, -0.1) is 0 Å². The van der Waals surface area contributed by atoms with Crippen molar-refractivity contribution in [1.29, 1.82) is 0 Å². The minimum absolute atomic E-state index is 0.0681. The number of aliphatic hydroxyl groups excluding tert-OH is 1. The molecule has 4 heterocycles. The molecule has 5 atom stereocenters. The Morgan fingerprint density at radius 3 is 2.30 bits per heavy atom. The smallest absolute Gasteiger partial charge is 0.253 e. The molecule has 8 nitrogen and oxygen atoms in total. The number of rotatable bonds is 9. The van der Waals surface area contributed by atoms with Gasteiger partial charge in [0.05, 0.1) is 17.4 Å². The Kier molecular flexibility index (Phi) is 7.94. The number of hydrogen-bond acceptors (Lipinski definition) is 5. The van der Waals surface area contributed by atoms with E-state index in [1.165, 1.54) is 0 Å². The summed E-state index contributed by atoms with van der Waals surface area (Å²) in [6.07, 6.45) is 11.2. The number of ether oxygens (including phenoxy) is 1. The quantitative estimate of drug-likeness (QED) is 0.376. The summed E-state index contributed by atoms with van der Waals surface area (Å²) >= 11 is 0. The molecule has 40 heavy (non-hydrogen) atoms. The molecule has 4 aliphatic heterocycles. The number of carbonyl (C=O) groups excluding carboxylic acids is 3. The van der Waals surface area contributed by atoms with E-state index in [-0.39, 0.29) is 24.3 Å². The SMILES string of the molecule is CCCN1CC=C[C@]2(CC)O[C@]34C=CCN(c5c(C)cccc5C)C(=O)C3N(CCCCCO)C(=O)[C@@H]4[C@@H]2C1=O. The zero-order valence-electron chi connectivity index (χ0n) is 24.3. The van der Waals surface area contributed by atoms with Crippen LogP contribution in [0, 0.1) is 25.7 Å². The van der Waals surface area contributed by atoms with E-state index in [1.54, 1.807) is 9.80 Å². The van der Waals surface area contributed by atoms with E-state index in [0.29, 0.717) is 45.4 Å². The lowest BCUT2D eigenvalue weighted by Crippen LogP contribution is -2.56. The minimum Gasteiger partial charge on any atom is -0.396 e. The van der Waals surface area contributed by atoms with Crippen molar-refractivity contribution in [3.63, 3.8) is 0 Å². The van der Waals surface area contributed by atoms with Crippen LogP contribution in [0.4, 0.5) is 5.69 Å². The number of amides is 3. The first-order valence-electron chi connectivity index (χ1n) is 14.9. The average Bonchev–Trinajstić information content (AvgIpc) is 3.22. The van der Waals surface area contributed by atoms with Crippen molar-refractivity contribution in [2.75, 3.05) is 37.7 Å². The highest BCUT2D eigenvalue weighted by Crippen LogP contribution is 2.58. The Bertz CT molecular complexity index is 1210. The Labute approximate surface area is 237 Å². The lowest BCUT2D eigenvalue weighted by molar-refractivity contribution is -0.150. The molecule has 216 valence electrons. The summed E-state index contributed by atoms with van der Waals surface area (Å²) in [6, 6.07) is 5.09. The first kappa shape index (κ1) is 28.6. The van der Waals surface area contributed by atoms with E-state index < -0.39 is 29.1 Å². The maximum atomic E-state index is 14.7. The molecule has 3 amide bonds. The second-order valence-corrected chi connectivity index (χ2v) is 11.7. The van der Waals surface area contributed by atoms with Crippen LogP contribution in [0.3, 0.4) is 0 Å². The molecule has 2 saturated heterocycles. The Balaban J connectivity index is 1.64. The van der Waals surface area contributed by atoms with Crippen molar-refractivity contribution < 1.29 is 24.2 Å². The molecule has 5 rings (SSSR count). The summed E-state index contributed by atoms with van der Waals surface area (Å²) in [7, 11) is 0. The predicted octanol–water partition coefficient (Wildman–Crippen LogP) is 3.54. The number of para-hydroxylation sites is 1. The fourth-order valence-electron chi connectivity index (χ4n) is 7.52. The topological polar surface area (TPSA) is 90.4 Å². The van der Waals surface area contributed by atoms with Crippen molar-refractivity contribution in [1.82, 2.24) is 9.80 Å². The number of aryl methyl sites for hydroxylation is 2. The second-order valence-electron chi connectivity index (χ2n) is 11.7. The summed E-state index contributed by atoms with van der Waals surface area (Å²) in [5.41, 5.74) is 0.631. The zero-order valence-corrected chi connectivity index (χ0v) is 24.3. The number of anilines is 1. The van der Waals surface area contributed by atoms with E-state index >= 15 is 0 Å². The Morgan fingerprint density at radius 1 is 0.900 bits per heavy atom. The fourth-order valence-corrected chi connectivity index (χ4v) is 7.52. The van der Waals surface area contributed by atoms with Gasteiger partial charge in [-0.05, 0) is 57.1 Å². The maximum Gasteiger partial charge on any atom is 0.253 e. The number of unbranched alkanes of at least 4 members (excludes halogenated alkanes) is 2. The van der Waals surface area contributed by atoms with Gasteiger partial charge in [-0.3, -0.25) is 14.4 Å². The van der Waals surface area contributed by atoms with Gasteiger partial charge in [0.25, 0.3) is 5.91 Å². The van der Waals surface area contributed by atoms with Gasteiger partial charge in [0.1, 0.15) is 11.6 Å². The summed E-state index contributed by atoms with van der Waals surface area (Å²) < 4.78 is 7.05. The van der Waals surface area contributed by atoms with Crippen LogP contribution in [0.2, 0.25) is 0 Å². The molecule has 0 aliphatic carbocycles. The fraction of sp³-hybridized carbons (Fsp3) is 0.594. The first-order valence-corrected chi connectivity index (χ1v) is 14.9. The zero-order chi connectivity index (χ0) is 28.7. The first-order chi connectivity index (χ1) is 19.3. The van der Waals surface area contributed by atoms with Gasteiger partial charge in [-0.1, -0.05) is 56.4 Å². The van der Waals surface area contributed by atoms with Crippen LogP contribution < -0.4 is 4.90 Å². The molecule has 2 fully saturated rings. The van der Waals surface area contributed by atoms with Gasteiger partial charge in [0.15, 0.2) is 0 Å². The van der Waals surface area contributed by atoms with Crippen LogP contribution in [0.25, 0.3) is 0 Å². The molecule has 0 saturated carbocycles. The third kappa shape index (κ3) is 4.31. The second kappa shape index (κ2) is 11.1. The van der Waals surface area contributed by atoms with E-state index in [0.717, 1.165) is 29.7 Å². The number of aliphatic hydroxyl groups is 1. The number of hydrogen-bond donors (Lipinski definition) is 1. The highest BCUT2D eigenvalue weighted by atomic mass is 16.5. The molecule has 0 radical (unpaired) electrons. The number of nitrogens with zero attached hydrogens (tertiary/aromatic N) is 3. The normalized spacial score (nSPS) is 31.4. The molecule has 1 aromatic rings. The van der Waals surface area contributed by atoms with E-state index in [9.17, 15) is 19.5 Å². The number of carbonyl (C=O) groups is 3. The number of benzene rings is 1. The minimum atomic E-state index is -1.24. The van der Waals surface area contributed by atoms with Gasteiger partial charge in [0.2, 0.25) is 11.8 Å². The highest BCUT2D eigenvalue weighted by molar-refractivity contribution is 6.06. The van der Waals surface area contributed by atoms with Gasteiger partial charge in [0, 0.05) is 38.5 Å². The molecule has 4 aliphatic rings. The lowest BCUT2D eigenvalue weighted by Gasteiger charge is -2.39. The Hall–Kier alpha value is -2.97. The third-order valence-electron chi connectivity index (χ3n) is 9.28. The summed E-state index contributed by atoms with van der Waals surface area (Å²) in [4.78, 5) is 48.6. The van der Waals surface area contributed by atoms with Crippen LogP contribution in [-0.2, 0) is 19.1 Å².